The Morgan fingerprint density at radius 2 is 2.07 bits per heavy atom. The van der Waals surface area contributed by atoms with Crippen molar-refractivity contribution in [3.63, 3.8) is 0 Å². The molecule has 1 heteroatoms. The van der Waals surface area contributed by atoms with Crippen LogP contribution in [0, 0.1) is 5.92 Å². The van der Waals surface area contributed by atoms with Crippen molar-refractivity contribution in [2.75, 3.05) is 13.2 Å². The third kappa shape index (κ3) is 8.44. The summed E-state index contributed by atoms with van der Waals surface area (Å²) in [4.78, 5) is 0. The van der Waals surface area contributed by atoms with Crippen LogP contribution in [0.5, 0.6) is 0 Å². The Labute approximate surface area is 95.2 Å². The van der Waals surface area contributed by atoms with E-state index in [1.807, 2.05) is 0 Å². The minimum atomic E-state index is 0.753. The van der Waals surface area contributed by atoms with E-state index in [1.54, 1.807) is 0 Å². The maximum atomic E-state index is 5.64. The smallest absolute Gasteiger partial charge is 0.0713 e. The minimum Gasteiger partial charge on any atom is -0.377 e. The van der Waals surface area contributed by atoms with Crippen molar-refractivity contribution in [2.45, 2.75) is 47.0 Å². The van der Waals surface area contributed by atoms with Crippen molar-refractivity contribution >= 4 is 0 Å². The van der Waals surface area contributed by atoms with Gasteiger partial charge in [0.2, 0.25) is 0 Å². The summed E-state index contributed by atoms with van der Waals surface area (Å²) < 4.78 is 5.64. The number of allylic oxidation sites excluding steroid dienone is 2. The van der Waals surface area contributed by atoms with Crippen LogP contribution in [-0.4, -0.2) is 13.2 Å². The Morgan fingerprint density at radius 3 is 2.60 bits per heavy atom. The predicted octanol–water partition coefficient (Wildman–Crippen LogP) is 4.35. The van der Waals surface area contributed by atoms with Gasteiger partial charge in [-0.15, -0.1) is 0 Å². The molecule has 15 heavy (non-hydrogen) atoms. The molecule has 0 fully saturated rings. The standard InChI is InChI=1S/C14H26O/c1-5-8-9-14(7-3)12-15-11-10-13(4)6-2/h7-9,13H,5-6,10-12H2,1-4H3/b9-8-,14-7+. The normalized spacial score (nSPS) is 14.8. The summed E-state index contributed by atoms with van der Waals surface area (Å²) in [5, 5.41) is 0. The van der Waals surface area contributed by atoms with Gasteiger partial charge >= 0.3 is 0 Å². The van der Waals surface area contributed by atoms with Crippen LogP contribution < -0.4 is 0 Å². The molecule has 0 rings (SSSR count). The van der Waals surface area contributed by atoms with E-state index in [0.29, 0.717) is 0 Å². The summed E-state index contributed by atoms with van der Waals surface area (Å²) in [5.41, 5.74) is 1.28. The molecule has 0 saturated heterocycles. The molecule has 1 atom stereocenters. The van der Waals surface area contributed by atoms with Gasteiger partial charge in [-0.25, -0.2) is 0 Å². The lowest BCUT2D eigenvalue weighted by molar-refractivity contribution is 0.143. The quantitative estimate of drug-likeness (QED) is 0.427. The largest absolute Gasteiger partial charge is 0.377 e. The van der Waals surface area contributed by atoms with Gasteiger partial charge in [-0.3, -0.25) is 0 Å². The Morgan fingerprint density at radius 1 is 1.33 bits per heavy atom. The Balaban J connectivity index is 3.60. The highest BCUT2D eigenvalue weighted by Crippen LogP contribution is 2.07. The summed E-state index contributed by atoms with van der Waals surface area (Å²) in [6.07, 6.45) is 9.96. The van der Waals surface area contributed by atoms with Gasteiger partial charge in [-0.1, -0.05) is 45.4 Å². The van der Waals surface area contributed by atoms with E-state index in [1.165, 1.54) is 18.4 Å². The van der Waals surface area contributed by atoms with E-state index in [4.69, 9.17) is 4.74 Å². The zero-order valence-corrected chi connectivity index (χ0v) is 10.8. The zero-order valence-electron chi connectivity index (χ0n) is 10.8. The number of hydrogen-bond donors (Lipinski definition) is 0. The van der Waals surface area contributed by atoms with Gasteiger partial charge in [0.05, 0.1) is 6.61 Å². The Kier molecular flexibility index (Phi) is 9.60. The van der Waals surface area contributed by atoms with Gasteiger partial charge in [0.1, 0.15) is 0 Å². The maximum Gasteiger partial charge on any atom is 0.0713 e. The van der Waals surface area contributed by atoms with Gasteiger partial charge in [-0.2, -0.15) is 0 Å². The van der Waals surface area contributed by atoms with Crippen LogP contribution in [-0.2, 0) is 4.74 Å². The van der Waals surface area contributed by atoms with Crippen LogP contribution in [0.1, 0.15) is 47.0 Å². The van der Waals surface area contributed by atoms with Crippen LogP contribution in [0.4, 0.5) is 0 Å². The van der Waals surface area contributed by atoms with E-state index >= 15 is 0 Å². The summed E-state index contributed by atoms with van der Waals surface area (Å²) in [6, 6.07) is 0. The first kappa shape index (κ1) is 14.4. The van der Waals surface area contributed by atoms with Crippen LogP contribution in [0.3, 0.4) is 0 Å². The van der Waals surface area contributed by atoms with Gasteiger partial charge in [0, 0.05) is 6.61 Å². The summed E-state index contributed by atoms with van der Waals surface area (Å²) in [7, 11) is 0. The molecule has 0 aromatic carbocycles. The van der Waals surface area contributed by atoms with Gasteiger partial charge in [0.15, 0.2) is 0 Å². The summed E-state index contributed by atoms with van der Waals surface area (Å²) in [6.45, 7) is 10.3. The van der Waals surface area contributed by atoms with Crippen LogP contribution in [0.25, 0.3) is 0 Å². The molecule has 1 nitrogen and oxygen atoms in total. The highest BCUT2D eigenvalue weighted by molar-refractivity contribution is 5.17. The van der Waals surface area contributed by atoms with Crippen LogP contribution in [0.15, 0.2) is 23.8 Å². The van der Waals surface area contributed by atoms with E-state index in [9.17, 15) is 0 Å². The van der Waals surface area contributed by atoms with Gasteiger partial charge in [-0.05, 0) is 31.3 Å². The van der Waals surface area contributed by atoms with Crippen LogP contribution in [0.2, 0.25) is 0 Å². The molecule has 1 unspecified atom stereocenters. The fraction of sp³-hybridized carbons (Fsp3) is 0.714. The number of hydrogen-bond acceptors (Lipinski definition) is 1. The molecule has 0 aliphatic carbocycles. The topological polar surface area (TPSA) is 9.23 Å². The second-order valence-corrected chi connectivity index (χ2v) is 4.03. The third-order valence-electron chi connectivity index (χ3n) is 2.66. The van der Waals surface area contributed by atoms with E-state index < -0.39 is 0 Å². The lowest BCUT2D eigenvalue weighted by Crippen LogP contribution is -2.03. The van der Waals surface area contributed by atoms with E-state index in [0.717, 1.165) is 25.6 Å². The van der Waals surface area contributed by atoms with Crippen molar-refractivity contribution in [3.8, 4) is 0 Å². The first-order valence-corrected chi connectivity index (χ1v) is 6.14. The van der Waals surface area contributed by atoms with Gasteiger partial charge in [0.25, 0.3) is 0 Å². The average molecular weight is 210 g/mol. The molecule has 0 aromatic rings. The highest BCUT2D eigenvalue weighted by Gasteiger charge is 1.98. The van der Waals surface area contributed by atoms with Crippen molar-refractivity contribution in [2.24, 2.45) is 5.92 Å². The lowest BCUT2D eigenvalue weighted by atomic mass is 10.1. The summed E-state index contributed by atoms with van der Waals surface area (Å²) in [5.74, 6) is 0.783. The SMILES string of the molecule is C/C=C(\C=C/CC)COCCC(C)CC. The molecule has 0 radical (unpaired) electrons. The third-order valence-corrected chi connectivity index (χ3v) is 2.66. The van der Waals surface area contributed by atoms with Crippen molar-refractivity contribution < 1.29 is 4.74 Å². The van der Waals surface area contributed by atoms with Gasteiger partial charge < -0.3 is 4.74 Å². The predicted molar refractivity (Wildman–Crippen MR) is 68.1 cm³/mol. The molecule has 0 heterocycles. The fourth-order valence-corrected chi connectivity index (χ4v) is 1.18. The Bertz CT molecular complexity index is 192. The van der Waals surface area contributed by atoms with Crippen molar-refractivity contribution in [1.29, 1.82) is 0 Å². The minimum absolute atomic E-state index is 0.753. The van der Waals surface area contributed by atoms with E-state index in [2.05, 4.69) is 45.9 Å². The molecular formula is C14H26O. The number of ether oxygens (including phenoxy) is 1. The molecule has 0 aliphatic rings. The zero-order chi connectivity index (χ0) is 11.5. The second-order valence-electron chi connectivity index (χ2n) is 4.03. The van der Waals surface area contributed by atoms with Crippen LogP contribution >= 0.6 is 0 Å². The summed E-state index contributed by atoms with van der Waals surface area (Å²) >= 11 is 0. The van der Waals surface area contributed by atoms with Crippen molar-refractivity contribution in [3.05, 3.63) is 23.8 Å². The number of rotatable bonds is 8. The molecule has 0 saturated carbocycles. The lowest BCUT2D eigenvalue weighted by Gasteiger charge is -2.09. The first-order valence-electron chi connectivity index (χ1n) is 6.14. The molecule has 0 aromatic heterocycles. The molecule has 0 aliphatic heterocycles. The molecule has 0 spiro atoms. The molecule has 0 amide bonds. The Hall–Kier alpha value is -0.560. The molecule has 0 bridgehead atoms. The molecular weight excluding hydrogens is 184 g/mol. The van der Waals surface area contributed by atoms with Crippen molar-refractivity contribution in [1.82, 2.24) is 0 Å². The first-order chi connectivity index (χ1) is 7.24. The monoisotopic (exact) mass is 210 g/mol. The highest BCUT2D eigenvalue weighted by atomic mass is 16.5. The average Bonchev–Trinajstić information content (AvgIpc) is 2.27. The maximum absolute atomic E-state index is 5.64. The van der Waals surface area contributed by atoms with E-state index in [-0.39, 0.29) is 0 Å². The molecule has 88 valence electrons. The molecule has 0 N–H and O–H groups in total. The fourth-order valence-electron chi connectivity index (χ4n) is 1.18. The second kappa shape index (κ2) is 9.97.